The number of aryl methyl sites for hydroxylation is 2. The number of anilines is 1. The molecule has 29 heavy (non-hydrogen) atoms. The molecule has 1 N–H and O–H groups in total. The summed E-state index contributed by atoms with van der Waals surface area (Å²) >= 11 is 0. The van der Waals surface area contributed by atoms with Gasteiger partial charge in [0.15, 0.2) is 6.10 Å². The first-order valence-electron chi connectivity index (χ1n) is 10.0. The topological polar surface area (TPSA) is 75.7 Å². The summed E-state index contributed by atoms with van der Waals surface area (Å²) in [5.41, 5.74) is 3.96. The first-order valence-corrected chi connectivity index (χ1v) is 11.6. The van der Waals surface area contributed by atoms with Crippen LogP contribution in [0.15, 0.2) is 42.5 Å². The number of carbonyl (C=O) groups is 1. The van der Waals surface area contributed by atoms with Crippen molar-refractivity contribution in [2.75, 3.05) is 16.6 Å². The van der Waals surface area contributed by atoms with Crippen LogP contribution < -0.4 is 14.4 Å². The Hall–Kier alpha value is -2.54. The standard InChI is InChI=1S/C22H28N2O4S/c1-4-16-11-12-17(5-2)18(13-16)14-23-22(25)21-15-24(29(26,27)6-3)19-9-7-8-10-20(19)28-21/h7-13,21H,4-6,14-15H2,1-3H3,(H,23,25)/t21-/m1/s1. The molecular weight excluding hydrogens is 388 g/mol. The minimum Gasteiger partial charge on any atom is -0.476 e. The van der Waals surface area contributed by atoms with Gasteiger partial charge in [-0.15, -0.1) is 0 Å². The van der Waals surface area contributed by atoms with Gasteiger partial charge in [-0.3, -0.25) is 9.10 Å². The fourth-order valence-electron chi connectivity index (χ4n) is 3.46. The monoisotopic (exact) mass is 416 g/mol. The van der Waals surface area contributed by atoms with Gasteiger partial charge in [-0.25, -0.2) is 8.42 Å². The van der Waals surface area contributed by atoms with Crippen LogP contribution in [0.5, 0.6) is 5.75 Å². The zero-order valence-corrected chi connectivity index (χ0v) is 18.0. The van der Waals surface area contributed by atoms with Crippen LogP contribution in [-0.2, 0) is 34.2 Å². The molecule has 0 fully saturated rings. The summed E-state index contributed by atoms with van der Waals surface area (Å²) in [5, 5.41) is 2.93. The van der Waals surface area contributed by atoms with Crippen molar-refractivity contribution < 1.29 is 17.9 Å². The van der Waals surface area contributed by atoms with Gasteiger partial charge in [-0.05, 0) is 48.6 Å². The minimum atomic E-state index is -3.51. The fourth-order valence-corrected chi connectivity index (χ4v) is 4.59. The third kappa shape index (κ3) is 4.56. The first-order chi connectivity index (χ1) is 13.9. The summed E-state index contributed by atoms with van der Waals surface area (Å²) in [4.78, 5) is 12.8. The van der Waals surface area contributed by atoms with E-state index in [1.807, 2.05) is 0 Å². The maximum atomic E-state index is 12.8. The predicted octanol–water partition coefficient (Wildman–Crippen LogP) is 3.04. The van der Waals surface area contributed by atoms with Gasteiger partial charge >= 0.3 is 0 Å². The summed E-state index contributed by atoms with van der Waals surface area (Å²) < 4.78 is 32.2. The highest BCUT2D eigenvalue weighted by atomic mass is 32.2. The van der Waals surface area contributed by atoms with Gasteiger partial charge in [0.2, 0.25) is 10.0 Å². The van der Waals surface area contributed by atoms with E-state index < -0.39 is 16.1 Å². The molecular formula is C22H28N2O4S. The molecule has 0 unspecified atom stereocenters. The van der Waals surface area contributed by atoms with Gasteiger partial charge in [0, 0.05) is 6.54 Å². The van der Waals surface area contributed by atoms with Crippen LogP contribution in [0.1, 0.15) is 37.5 Å². The zero-order valence-electron chi connectivity index (χ0n) is 17.1. The number of nitrogens with zero attached hydrogens (tertiary/aromatic N) is 1. The Labute approximate surface area is 172 Å². The van der Waals surface area contributed by atoms with Crippen LogP contribution in [-0.4, -0.2) is 32.7 Å². The second-order valence-corrected chi connectivity index (χ2v) is 9.22. The smallest absolute Gasteiger partial charge is 0.263 e. The van der Waals surface area contributed by atoms with Crippen molar-refractivity contribution in [1.82, 2.24) is 5.32 Å². The lowest BCUT2D eigenvalue weighted by molar-refractivity contribution is -0.127. The molecule has 7 heteroatoms. The van der Waals surface area contributed by atoms with Gasteiger partial charge in [-0.1, -0.05) is 44.2 Å². The molecule has 0 saturated heterocycles. The van der Waals surface area contributed by atoms with Crippen LogP contribution >= 0.6 is 0 Å². The lowest BCUT2D eigenvalue weighted by Crippen LogP contribution is -2.50. The van der Waals surface area contributed by atoms with Gasteiger partial charge in [0.05, 0.1) is 18.0 Å². The summed E-state index contributed by atoms with van der Waals surface area (Å²) in [7, 11) is -3.51. The maximum absolute atomic E-state index is 12.8. The molecule has 0 bridgehead atoms. The number of sulfonamides is 1. The van der Waals surface area contributed by atoms with Crippen molar-refractivity contribution in [2.24, 2.45) is 0 Å². The molecule has 0 aliphatic carbocycles. The Bertz CT molecular complexity index is 988. The Morgan fingerprint density at radius 1 is 1.10 bits per heavy atom. The van der Waals surface area contributed by atoms with E-state index in [2.05, 4.69) is 37.4 Å². The zero-order chi connectivity index (χ0) is 21.0. The number of benzene rings is 2. The minimum absolute atomic E-state index is 0.0331. The normalized spacial score (nSPS) is 16.1. The molecule has 1 heterocycles. The van der Waals surface area contributed by atoms with Gasteiger partial charge < -0.3 is 10.1 Å². The number of amides is 1. The third-order valence-corrected chi connectivity index (χ3v) is 6.99. The van der Waals surface area contributed by atoms with Crippen molar-refractivity contribution >= 4 is 21.6 Å². The molecule has 2 aromatic carbocycles. The highest BCUT2D eigenvalue weighted by molar-refractivity contribution is 7.92. The van der Waals surface area contributed by atoms with Crippen LogP contribution in [0.3, 0.4) is 0 Å². The Kier molecular flexibility index (Phi) is 6.47. The molecule has 0 aromatic heterocycles. The van der Waals surface area contributed by atoms with E-state index in [1.54, 1.807) is 31.2 Å². The first kappa shape index (κ1) is 21.2. The van der Waals surface area contributed by atoms with Gasteiger partial charge in [-0.2, -0.15) is 0 Å². The molecule has 3 rings (SSSR count). The van der Waals surface area contributed by atoms with Gasteiger partial charge in [0.25, 0.3) is 5.91 Å². The van der Waals surface area contributed by atoms with Crippen LogP contribution in [0, 0.1) is 0 Å². The lowest BCUT2D eigenvalue weighted by atomic mass is 10.0. The number of rotatable bonds is 7. The van der Waals surface area contributed by atoms with Gasteiger partial charge in [0.1, 0.15) is 5.75 Å². The predicted molar refractivity (Wildman–Crippen MR) is 115 cm³/mol. The molecule has 1 amide bonds. The summed E-state index contributed by atoms with van der Waals surface area (Å²) in [6.07, 6.45) is 0.910. The van der Waals surface area contributed by atoms with Crippen molar-refractivity contribution in [3.05, 3.63) is 59.2 Å². The van der Waals surface area contributed by atoms with E-state index in [-0.39, 0.29) is 18.2 Å². The van der Waals surface area contributed by atoms with Crippen LogP contribution in [0.2, 0.25) is 0 Å². The molecule has 1 atom stereocenters. The van der Waals surface area contributed by atoms with E-state index >= 15 is 0 Å². The molecule has 6 nitrogen and oxygen atoms in total. The molecule has 1 aliphatic heterocycles. The molecule has 2 aromatic rings. The number of fused-ring (bicyclic) bond motifs is 1. The molecule has 0 saturated carbocycles. The summed E-state index contributed by atoms with van der Waals surface area (Å²) in [6, 6.07) is 13.2. The number of hydrogen-bond acceptors (Lipinski definition) is 4. The van der Waals surface area contributed by atoms with E-state index in [0.29, 0.717) is 18.0 Å². The van der Waals surface area contributed by atoms with Crippen molar-refractivity contribution in [1.29, 1.82) is 0 Å². The Balaban J connectivity index is 1.79. The van der Waals surface area contributed by atoms with Crippen LogP contribution in [0.4, 0.5) is 5.69 Å². The lowest BCUT2D eigenvalue weighted by Gasteiger charge is -2.34. The molecule has 1 aliphatic rings. The molecule has 0 spiro atoms. The number of carbonyl (C=O) groups excluding carboxylic acids is 1. The van der Waals surface area contributed by atoms with Crippen LogP contribution in [0.25, 0.3) is 0 Å². The van der Waals surface area contributed by atoms with Crippen molar-refractivity contribution in [2.45, 2.75) is 46.3 Å². The van der Waals surface area contributed by atoms with Crippen molar-refractivity contribution in [3.63, 3.8) is 0 Å². The number of para-hydroxylation sites is 2. The average Bonchev–Trinajstić information content (AvgIpc) is 2.76. The average molecular weight is 417 g/mol. The Morgan fingerprint density at radius 3 is 2.55 bits per heavy atom. The largest absolute Gasteiger partial charge is 0.476 e. The second kappa shape index (κ2) is 8.86. The third-order valence-electron chi connectivity index (χ3n) is 5.24. The Morgan fingerprint density at radius 2 is 1.86 bits per heavy atom. The van der Waals surface area contributed by atoms with Crippen molar-refractivity contribution in [3.8, 4) is 5.75 Å². The number of nitrogens with one attached hydrogen (secondary N) is 1. The van der Waals surface area contributed by atoms with E-state index in [0.717, 1.165) is 18.4 Å². The number of hydrogen-bond donors (Lipinski definition) is 1. The summed E-state index contributed by atoms with van der Waals surface area (Å²) in [5.74, 6) is 0.0391. The highest BCUT2D eigenvalue weighted by Gasteiger charge is 2.35. The van der Waals surface area contributed by atoms with E-state index in [9.17, 15) is 13.2 Å². The van der Waals surface area contributed by atoms with E-state index in [1.165, 1.54) is 15.4 Å². The quantitative estimate of drug-likeness (QED) is 0.753. The summed E-state index contributed by atoms with van der Waals surface area (Å²) in [6.45, 7) is 6.13. The highest BCUT2D eigenvalue weighted by Crippen LogP contribution is 2.35. The fraction of sp³-hybridized carbons (Fsp3) is 0.409. The SMILES string of the molecule is CCc1ccc(CC)c(CNC(=O)[C@H]2CN(S(=O)(=O)CC)c3ccccc3O2)c1. The molecule has 156 valence electrons. The maximum Gasteiger partial charge on any atom is 0.263 e. The van der Waals surface area contributed by atoms with E-state index in [4.69, 9.17) is 4.74 Å². The second-order valence-electron chi connectivity index (χ2n) is 7.03. The molecule has 0 radical (unpaired) electrons. The number of ether oxygens (including phenoxy) is 1.